The molecule has 6 heteroatoms. The van der Waals surface area contributed by atoms with Gasteiger partial charge in [-0.25, -0.2) is 4.39 Å². The van der Waals surface area contributed by atoms with E-state index in [4.69, 9.17) is 9.47 Å². The molecule has 4 rings (SSSR count). The van der Waals surface area contributed by atoms with Crippen LogP contribution in [0.15, 0.2) is 60.7 Å². The summed E-state index contributed by atoms with van der Waals surface area (Å²) in [5, 5.41) is 8.38. The first-order chi connectivity index (χ1) is 15.2. The number of aromatic nitrogens is 2. The minimum atomic E-state index is -0.263. The Morgan fingerprint density at radius 3 is 2.45 bits per heavy atom. The van der Waals surface area contributed by atoms with E-state index in [-0.39, 0.29) is 5.82 Å². The second kappa shape index (κ2) is 10.4. The first-order valence-electron chi connectivity index (χ1n) is 10.9. The molecule has 2 aromatic carbocycles. The SMILES string of the molecule is C[C@@H]1CCCN1CCCOc1ccc(-c2ccc(OCc3ccc(F)cc3)nn2)cc1. The Bertz CT molecular complexity index is 946. The molecule has 162 valence electrons. The Morgan fingerprint density at radius 1 is 0.968 bits per heavy atom. The van der Waals surface area contributed by atoms with E-state index in [1.165, 1.54) is 31.5 Å². The number of nitrogens with zero attached hydrogens (tertiary/aromatic N) is 3. The van der Waals surface area contributed by atoms with E-state index < -0.39 is 0 Å². The third kappa shape index (κ3) is 6.01. The molecule has 1 saturated heterocycles. The average Bonchev–Trinajstić information content (AvgIpc) is 3.22. The fourth-order valence-corrected chi connectivity index (χ4v) is 3.79. The van der Waals surface area contributed by atoms with Gasteiger partial charge in [-0.3, -0.25) is 0 Å². The van der Waals surface area contributed by atoms with Crippen LogP contribution >= 0.6 is 0 Å². The summed E-state index contributed by atoms with van der Waals surface area (Å²) in [4.78, 5) is 2.54. The quantitative estimate of drug-likeness (QED) is 0.449. The Balaban J connectivity index is 1.24. The van der Waals surface area contributed by atoms with Gasteiger partial charge in [0.1, 0.15) is 18.2 Å². The van der Waals surface area contributed by atoms with Gasteiger partial charge >= 0.3 is 0 Å². The molecule has 0 N–H and O–H groups in total. The largest absolute Gasteiger partial charge is 0.494 e. The molecular weight excluding hydrogens is 393 g/mol. The summed E-state index contributed by atoms with van der Waals surface area (Å²) < 4.78 is 24.5. The molecule has 3 aromatic rings. The molecule has 0 amide bonds. The normalized spacial score (nSPS) is 16.4. The van der Waals surface area contributed by atoms with Crippen LogP contribution in [0.4, 0.5) is 4.39 Å². The Kier molecular flexibility index (Phi) is 7.10. The van der Waals surface area contributed by atoms with Crippen molar-refractivity contribution in [2.75, 3.05) is 19.7 Å². The number of benzene rings is 2. The van der Waals surface area contributed by atoms with Crippen molar-refractivity contribution < 1.29 is 13.9 Å². The van der Waals surface area contributed by atoms with Crippen LogP contribution in [0.25, 0.3) is 11.3 Å². The van der Waals surface area contributed by atoms with Crippen LogP contribution < -0.4 is 9.47 Å². The minimum Gasteiger partial charge on any atom is -0.494 e. The molecule has 31 heavy (non-hydrogen) atoms. The lowest BCUT2D eigenvalue weighted by atomic mass is 10.1. The molecule has 1 aliphatic heterocycles. The van der Waals surface area contributed by atoms with Gasteiger partial charge in [0.25, 0.3) is 0 Å². The highest BCUT2D eigenvalue weighted by molar-refractivity contribution is 5.59. The van der Waals surface area contributed by atoms with Crippen molar-refractivity contribution in [3.8, 4) is 22.9 Å². The van der Waals surface area contributed by atoms with E-state index in [0.717, 1.165) is 42.1 Å². The number of hydrogen-bond acceptors (Lipinski definition) is 5. The van der Waals surface area contributed by atoms with E-state index in [2.05, 4.69) is 22.0 Å². The Hall–Kier alpha value is -2.99. The van der Waals surface area contributed by atoms with E-state index in [1.807, 2.05) is 30.3 Å². The van der Waals surface area contributed by atoms with Crippen molar-refractivity contribution in [2.24, 2.45) is 0 Å². The molecule has 1 aliphatic rings. The van der Waals surface area contributed by atoms with Crippen molar-refractivity contribution in [3.05, 3.63) is 72.0 Å². The van der Waals surface area contributed by atoms with Crippen LogP contribution in [0, 0.1) is 5.82 Å². The molecule has 1 fully saturated rings. The summed E-state index contributed by atoms with van der Waals surface area (Å²) in [6, 6.07) is 18.5. The Labute approximate surface area is 182 Å². The van der Waals surface area contributed by atoms with Crippen LogP contribution in [0.5, 0.6) is 11.6 Å². The summed E-state index contributed by atoms with van der Waals surface area (Å²) >= 11 is 0. The van der Waals surface area contributed by atoms with Crippen molar-refractivity contribution >= 4 is 0 Å². The smallest absolute Gasteiger partial charge is 0.233 e. The summed E-state index contributed by atoms with van der Waals surface area (Å²) in [7, 11) is 0. The molecule has 0 saturated carbocycles. The number of ether oxygens (including phenoxy) is 2. The van der Waals surface area contributed by atoms with E-state index in [1.54, 1.807) is 18.2 Å². The highest BCUT2D eigenvalue weighted by atomic mass is 19.1. The molecule has 2 heterocycles. The maximum atomic E-state index is 13.0. The van der Waals surface area contributed by atoms with Gasteiger partial charge in [-0.2, -0.15) is 0 Å². The van der Waals surface area contributed by atoms with Crippen LogP contribution in [0.2, 0.25) is 0 Å². The maximum Gasteiger partial charge on any atom is 0.233 e. The highest BCUT2D eigenvalue weighted by Gasteiger charge is 2.19. The molecule has 0 aliphatic carbocycles. The lowest BCUT2D eigenvalue weighted by molar-refractivity contribution is 0.230. The zero-order valence-corrected chi connectivity index (χ0v) is 17.8. The number of rotatable bonds is 9. The fourth-order valence-electron chi connectivity index (χ4n) is 3.79. The van der Waals surface area contributed by atoms with Gasteiger partial charge in [-0.15, -0.1) is 10.2 Å². The summed E-state index contributed by atoms with van der Waals surface area (Å²) in [6.45, 7) is 5.66. The first-order valence-corrected chi connectivity index (χ1v) is 10.9. The number of halogens is 1. The molecule has 1 atom stereocenters. The standard InChI is InChI=1S/C25H28FN3O2/c1-19-4-2-15-29(19)16-3-17-30-23-11-7-21(8-12-23)24-13-14-25(28-27-24)31-18-20-5-9-22(26)10-6-20/h5-14,19H,2-4,15-18H2,1H3/t19-/m1/s1. The number of likely N-dealkylation sites (tertiary alicyclic amines) is 1. The molecule has 1 aromatic heterocycles. The predicted octanol–water partition coefficient (Wildman–Crippen LogP) is 5.11. The maximum absolute atomic E-state index is 13.0. The van der Waals surface area contributed by atoms with Gasteiger partial charge < -0.3 is 14.4 Å². The summed E-state index contributed by atoms with van der Waals surface area (Å²) in [6.07, 6.45) is 3.66. The molecule has 0 unspecified atom stereocenters. The van der Waals surface area contributed by atoms with E-state index in [9.17, 15) is 4.39 Å². The van der Waals surface area contributed by atoms with Gasteiger partial charge in [0.15, 0.2) is 0 Å². The molecule has 5 nitrogen and oxygen atoms in total. The minimum absolute atomic E-state index is 0.263. The average molecular weight is 422 g/mol. The highest BCUT2D eigenvalue weighted by Crippen LogP contribution is 2.22. The van der Waals surface area contributed by atoms with E-state index >= 15 is 0 Å². The van der Waals surface area contributed by atoms with Crippen LogP contribution in [-0.4, -0.2) is 40.8 Å². The molecule has 0 radical (unpaired) electrons. The van der Waals surface area contributed by atoms with Gasteiger partial charge in [0.05, 0.1) is 12.3 Å². The van der Waals surface area contributed by atoms with Crippen LogP contribution in [0.1, 0.15) is 31.7 Å². The summed E-state index contributed by atoms with van der Waals surface area (Å²) in [5.74, 6) is 1.03. The van der Waals surface area contributed by atoms with Crippen molar-refractivity contribution in [1.29, 1.82) is 0 Å². The zero-order valence-electron chi connectivity index (χ0n) is 17.8. The Morgan fingerprint density at radius 2 is 1.77 bits per heavy atom. The molecule has 0 bridgehead atoms. The van der Waals surface area contributed by atoms with Crippen molar-refractivity contribution in [2.45, 2.75) is 38.8 Å². The predicted molar refractivity (Wildman–Crippen MR) is 119 cm³/mol. The summed E-state index contributed by atoms with van der Waals surface area (Å²) in [5.41, 5.74) is 2.61. The molecule has 0 spiro atoms. The van der Waals surface area contributed by atoms with E-state index in [0.29, 0.717) is 18.5 Å². The second-order valence-electron chi connectivity index (χ2n) is 7.93. The fraction of sp³-hybridized carbons (Fsp3) is 0.360. The number of hydrogen-bond donors (Lipinski definition) is 0. The van der Waals surface area contributed by atoms with Gasteiger partial charge in [0.2, 0.25) is 5.88 Å². The van der Waals surface area contributed by atoms with Crippen LogP contribution in [0.3, 0.4) is 0 Å². The first kappa shape index (κ1) is 21.2. The second-order valence-corrected chi connectivity index (χ2v) is 7.93. The van der Waals surface area contributed by atoms with Crippen molar-refractivity contribution in [3.63, 3.8) is 0 Å². The van der Waals surface area contributed by atoms with Crippen LogP contribution in [-0.2, 0) is 6.61 Å². The lowest BCUT2D eigenvalue weighted by Crippen LogP contribution is -2.28. The van der Waals surface area contributed by atoms with Gasteiger partial charge in [-0.1, -0.05) is 12.1 Å². The zero-order chi connectivity index (χ0) is 21.5. The third-order valence-corrected chi connectivity index (χ3v) is 5.64. The van der Waals surface area contributed by atoms with Gasteiger partial charge in [0, 0.05) is 24.2 Å². The monoisotopic (exact) mass is 421 g/mol. The van der Waals surface area contributed by atoms with Gasteiger partial charge in [-0.05, 0) is 80.8 Å². The third-order valence-electron chi connectivity index (χ3n) is 5.64. The lowest BCUT2D eigenvalue weighted by Gasteiger charge is -2.20. The van der Waals surface area contributed by atoms with Crippen molar-refractivity contribution in [1.82, 2.24) is 15.1 Å². The topological polar surface area (TPSA) is 47.5 Å². The molecular formula is C25H28FN3O2.